The van der Waals surface area contributed by atoms with Gasteiger partial charge in [0.25, 0.3) is 0 Å². The van der Waals surface area contributed by atoms with Gasteiger partial charge in [0, 0.05) is 19.4 Å². The summed E-state index contributed by atoms with van der Waals surface area (Å²) in [6, 6.07) is 0. The molecule has 0 bridgehead atoms. The second kappa shape index (κ2) is 4.09. The number of hydrogen-bond acceptors (Lipinski definition) is 2. The van der Waals surface area contributed by atoms with Gasteiger partial charge in [0.1, 0.15) is 0 Å². The van der Waals surface area contributed by atoms with Gasteiger partial charge in [-0.25, -0.2) is 0 Å². The van der Waals surface area contributed by atoms with Crippen molar-refractivity contribution in [2.45, 2.75) is 25.7 Å². The summed E-state index contributed by atoms with van der Waals surface area (Å²) in [6.45, 7) is 0.762. The van der Waals surface area contributed by atoms with Crippen LogP contribution < -0.4 is 11.1 Å². The number of nitrogens with two attached hydrogens (primary N) is 1. The first kappa shape index (κ1) is 9.03. The normalized spacial score (nSPS) is 22.3. The maximum Gasteiger partial charge on any atom is 0.220 e. The Bertz CT molecular complexity index is 191. The molecule has 0 saturated carbocycles. The monoisotopic (exact) mass is 170 g/mol. The van der Waals surface area contributed by atoms with Crippen LogP contribution in [0, 0.1) is 5.92 Å². The fraction of sp³-hybridized carbons (Fsp3) is 0.750. The standard InChI is InChI=1S/C8H14N2O2/c9-7(11)3-1-2-6-4-8(12)10-5-6/h6H,1-5H2,(H2,9,11)(H,10,12)/t6-/m1/s1. The molecule has 1 saturated heterocycles. The number of carbonyl (C=O) groups is 2. The van der Waals surface area contributed by atoms with Crippen LogP contribution in [0.5, 0.6) is 0 Å². The number of nitrogens with one attached hydrogen (secondary N) is 1. The lowest BCUT2D eigenvalue weighted by Crippen LogP contribution is -2.14. The van der Waals surface area contributed by atoms with Crippen molar-refractivity contribution in [1.29, 1.82) is 0 Å². The fourth-order valence-corrected chi connectivity index (χ4v) is 1.43. The summed E-state index contributed by atoms with van der Waals surface area (Å²) in [4.78, 5) is 21.1. The number of primary amides is 1. The van der Waals surface area contributed by atoms with Crippen LogP contribution in [0.4, 0.5) is 0 Å². The lowest BCUT2D eigenvalue weighted by Gasteiger charge is -2.04. The highest BCUT2D eigenvalue weighted by Crippen LogP contribution is 2.15. The first-order valence-electron chi connectivity index (χ1n) is 4.23. The Labute approximate surface area is 71.5 Å². The fourth-order valence-electron chi connectivity index (χ4n) is 1.43. The van der Waals surface area contributed by atoms with Gasteiger partial charge in [-0.15, -0.1) is 0 Å². The molecule has 1 aliphatic rings. The number of hydrogen-bond donors (Lipinski definition) is 2. The highest BCUT2D eigenvalue weighted by molar-refractivity contribution is 5.78. The van der Waals surface area contributed by atoms with Crippen LogP contribution in [0.15, 0.2) is 0 Å². The van der Waals surface area contributed by atoms with Crippen molar-refractivity contribution in [2.75, 3.05) is 6.54 Å². The minimum atomic E-state index is -0.257. The molecule has 1 atom stereocenters. The Balaban J connectivity index is 2.08. The van der Waals surface area contributed by atoms with Crippen molar-refractivity contribution >= 4 is 11.8 Å². The predicted octanol–water partition coefficient (Wildman–Crippen LogP) is -0.222. The molecule has 2 amide bonds. The second-order valence-electron chi connectivity index (χ2n) is 3.23. The van der Waals surface area contributed by atoms with E-state index in [1.54, 1.807) is 0 Å². The molecule has 0 aliphatic carbocycles. The lowest BCUT2D eigenvalue weighted by molar-refractivity contribution is -0.119. The maximum absolute atomic E-state index is 10.7. The molecule has 0 aromatic heterocycles. The quantitative estimate of drug-likeness (QED) is 0.612. The van der Waals surface area contributed by atoms with E-state index in [-0.39, 0.29) is 11.8 Å². The van der Waals surface area contributed by atoms with E-state index in [1.165, 1.54) is 0 Å². The molecule has 4 nitrogen and oxygen atoms in total. The SMILES string of the molecule is NC(=O)CCC[C@H]1CNC(=O)C1. The smallest absolute Gasteiger partial charge is 0.220 e. The summed E-state index contributed by atoms with van der Waals surface area (Å²) in [5.41, 5.74) is 4.98. The van der Waals surface area contributed by atoms with Gasteiger partial charge in [0.05, 0.1) is 0 Å². The third-order valence-electron chi connectivity index (χ3n) is 2.10. The molecule has 0 aromatic carbocycles. The highest BCUT2D eigenvalue weighted by atomic mass is 16.2. The summed E-state index contributed by atoms with van der Waals surface area (Å²) in [6.07, 6.45) is 2.76. The molecule has 0 unspecified atom stereocenters. The van der Waals surface area contributed by atoms with Crippen LogP contribution in [0.2, 0.25) is 0 Å². The number of carbonyl (C=O) groups excluding carboxylic acids is 2. The van der Waals surface area contributed by atoms with Gasteiger partial charge in [-0.2, -0.15) is 0 Å². The molecule has 4 heteroatoms. The van der Waals surface area contributed by atoms with Gasteiger partial charge in [-0.05, 0) is 18.8 Å². The summed E-state index contributed by atoms with van der Waals surface area (Å²) in [5.74, 6) is 0.281. The molecule has 0 radical (unpaired) electrons. The lowest BCUT2D eigenvalue weighted by atomic mass is 10.0. The molecule has 3 N–H and O–H groups in total. The van der Waals surface area contributed by atoms with E-state index in [4.69, 9.17) is 5.73 Å². The Morgan fingerprint density at radius 3 is 2.92 bits per heavy atom. The highest BCUT2D eigenvalue weighted by Gasteiger charge is 2.20. The zero-order valence-corrected chi connectivity index (χ0v) is 7.01. The van der Waals surface area contributed by atoms with Crippen molar-refractivity contribution in [3.05, 3.63) is 0 Å². The topological polar surface area (TPSA) is 72.2 Å². The van der Waals surface area contributed by atoms with E-state index in [0.29, 0.717) is 18.8 Å². The molecule has 1 fully saturated rings. The van der Waals surface area contributed by atoms with Crippen molar-refractivity contribution in [2.24, 2.45) is 11.7 Å². The van der Waals surface area contributed by atoms with Crippen LogP contribution in [0.25, 0.3) is 0 Å². The molecule has 0 aromatic rings. The van der Waals surface area contributed by atoms with Crippen LogP contribution in [-0.4, -0.2) is 18.4 Å². The molecule has 1 rings (SSSR count). The summed E-state index contributed by atoms with van der Waals surface area (Å²) in [5, 5.41) is 2.75. The molecule has 68 valence electrons. The third-order valence-corrected chi connectivity index (χ3v) is 2.10. The zero-order chi connectivity index (χ0) is 8.97. The minimum Gasteiger partial charge on any atom is -0.370 e. The van der Waals surface area contributed by atoms with Gasteiger partial charge in [0.15, 0.2) is 0 Å². The predicted molar refractivity (Wildman–Crippen MR) is 44.2 cm³/mol. The van der Waals surface area contributed by atoms with Gasteiger partial charge in [-0.3, -0.25) is 9.59 Å². The molecule has 1 aliphatic heterocycles. The Morgan fingerprint density at radius 2 is 2.42 bits per heavy atom. The number of rotatable bonds is 4. The largest absolute Gasteiger partial charge is 0.370 e. The van der Waals surface area contributed by atoms with Crippen LogP contribution in [0.3, 0.4) is 0 Å². The minimum absolute atomic E-state index is 0.124. The van der Waals surface area contributed by atoms with E-state index in [2.05, 4.69) is 5.32 Å². The summed E-state index contributed by atoms with van der Waals surface area (Å²) in [7, 11) is 0. The number of amides is 2. The molecule has 0 spiro atoms. The van der Waals surface area contributed by atoms with Gasteiger partial charge in [0.2, 0.25) is 11.8 Å². The van der Waals surface area contributed by atoms with E-state index in [9.17, 15) is 9.59 Å². The van der Waals surface area contributed by atoms with Crippen LogP contribution >= 0.6 is 0 Å². The van der Waals surface area contributed by atoms with Crippen molar-refractivity contribution in [3.63, 3.8) is 0 Å². The maximum atomic E-state index is 10.7. The third kappa shape index (κ3) is 2.90. The van der Waals surface area contributed by atoms with Crippen molar-refractivity contribution in [1.82, 2.24) is 5.32 Å². The first-order chi connectivity index (χ1) is 5.68. The van der Waals surface area contributed by atoms with Gasteiger partial charge < -0.3 is 11.1 Å². The van der Waals surface area contributed by atoms with Crippen molar-refractivity contribution in [3.8, 4) is 0 Å². The summed E-state index contributed by atoms with van der Waals surface area (Å²) >= 11 is 0. The van der Waals surface area contributed by atoms with Crippen molar-refractivity contribution < 1.29 is 9.59 Å². The summed E-state index contributed by atoms with van der Waals surface area (Å²) < 4.78 is 0. The van der Waals surface area contributed by atoms with E-state index < -0.39 is 0 Å². The average Bonchev–Trinajstić information content (AvgIpc) is 2.35. The van der Waals surface area contributed by atoms with E-state index >= 15 is 0 Å². The Morgan fingerprint density at radius 1 is 1.67 bits per heavy atom. The molecular weight excluding hydrogens is 156 g/mol. The zero-order valence-electron chi connectivity index (χ0n) is 7.01. The Kier molecular flexibility index (Phi) is 3.08. The van der Waals surface area contributed by atoms with Gasteiger partial charge in [-0.1, -0.05) is 0 Å². The molecule has 12 heavy (non-hydrogen) atoms. The van der Waals surface area contributed by atoms with Crippen LogP contribution in [0.1, 0.15) is 25.7 Å². The Hall–Kier alpha value is -1.06. The first-order valence-corrected chi connectivity index (χ1v) is 4.23. The van der Waals surface area contributed by atoms with E-state index in [0.717, 1.165) is 19.4 Å². The van der Waals surface area contributed by atoms with Crippen LogP contribution in [-0.2, 0) is 9.59 Å². The molecular formula is C8H14N2O2. The van der Waals surface area contributed by atoms with Gasteiger partial charge >= 0.3 is 0 Å². The van der Waals surface area contributed by atoms with E-state index in [1.807, 2.05) is 0 Å². The average molecular weight is 170 g/mol. The second-order valence-corrected chi connectivity index (χ2v) is 3.23. The molecule has 1 heterocycles.